The number of carbonyl (C=O) groups excluding carboxylic acids is 3. The third-order valence-corrected chi connectivity index (χ3v) is 12.9. The molecular weight excluding hydrogens is 949 g/mol. The summed E-state index contributed by atoms with van der Waals surface area (Å²) in [6, 6.07) is 0. The lowest BCUT2D eigenvalue weighted by Gasteiger charge is -2.40. The molecule has 1 aliphatic heterocycles. The number of hydrogen-bond donors (Lipinski definition) is 3. The molecule has 0 saturated carbocycles. The van der Waals surface area contributed by atoms with Crippen molar-refractivity contribution in [1.82, 2.24) is 0 Å². The predicted molar refractivity (Wildman–Crippen MR) is 303 cm³/mol. The molecule has 0 radical (unpaired) electrons. The number of aliphatic hydroxyl groups is 2. The molecule has 1 aliphatic rings. The summed E-state index contributed by atoms with van der Waals surface area (Å²) in [4.78, 5) is 51.0. The van der Waals surface area contributed by atoms with E-state index in [4.69, 9.17) is 23.7 Å². The van der Waals surface area contributed by atoms with Gasteiger partial charge in [-0.3, -0.25) is 14.4 Å². The summed E-state index contributed by atoms with van der Waals surface area (Å²) in [6.45, 7) is 5.76. The number of carboxylic acids is 1. The molecule has 0 spiro atoms. The molecular formula is C63H104O12. The van der Waals surface area contributed by atoms with E-state index in [1.165, 1.54) is 77.0 Å². The summed E-state index contributed by atoms with van der Waals surface area (Å²) in [5.41, 5.74) is 0. The number of hydrogen-bond acceptors (Lipinski definition) is 11. The highest BCUT2D eigenvalue weighted by atomic mass is 16.7. The van der Waals surface area contributed by atoms with Gasteiger partial charge in [-0.1, -0.05) is 202 Å². The van der Waals surface area contributed by atoms with E-state index >= 15 is 0 Å². The highest BCUT2D eigenvalue weighted by Gasteiger charge is 2.50. The first kappa shape index (κ1) is 68.9. The van der Waals surface area contributed by atoms with Crippen LogP contribution in [0.2, 0.25) is 0 Å². The second kappa shape index (κ2) is 50.7. The van der Waals surface area contributed by atoms with E-state index in [0.717, 1.165) is 103 Å². The Morgan fingerprint density at radius 1 is 0.453 bits per heavy atom. The fraction of sp³-hybridized carbons (Fsp3) is 0.714. The van der Waals surface area contributed by atoms with Crippen LogP contribution in [0.4, 0.5) is 0 Å². The Morgan fingerprint density at radius 3 is 1.37 bits per heavy atom. The largest absolute Gasteiger partial charge is 0.479 e. The lowest BCUT2D eigenvalue weighted by atomic mass is 9.98. The van der Waals surface area contributed by atoms with Crippen molar-refractivity contribution in [3.8, 4) is 0 Å². The number of allylic oxidation sites excluding steroid dienone is 14. The van der Waals surface area contributed by atoms with Gasteiger partial charge < -0.3 is 39.0 Å². The van der Waals surface area contributed by atoms with Crippen molar-refractivity contribution in [1.29, 1.82) is 0 Å². The number of ether oxygens (including phenoxy) is 5. The van der Waals surface area contributed by atoms with E-state index in [1.807, 2.05) is 12.2 Å². The summed E-state index contributed by atoms with van der Waals surface area (Å²) < 4.78 is 28.3. The fourth-order valence-corrected chi connectivity index (χ4v) is 8.41. The molecule has 75 heavy (non-hydrogen) atoms. The van der Waals surface area contributed by atoms with Crippen molar-refractivity contribution >= 4 is 23.9 Å². The van der Waals surface area contributed by atoms with Gasteiger partial charge in [0, 0.05) is 19.3 Å². The number of unbranched alkanes of at least 4 members (excludes halogenated alkanes) is 21. The Hall–Kier alpha value is -4.10. The molecule has 12 heteroatoms. The SMILES string of the molecule is CC/C=C\C/C=C\C/C=C\C/C=C\CCC(=O)OCC(COC1OC(C(=O)O)C(O)C(O)C1OC(=O)CCCCCCCCCCC/C=C\C/C=C\CCCCC)OC(=O)CCCCCCC/C=C\CCCCCC. The summed E-state index contributed by atoms with van der Waals surface area (Å²) in [5.74, 6) is -3.24. The predicted octanol–water partition coefficient (Wildman–Crippen LogP) is 15.1. The van der Waals surface area contributed by atoms with Gasteiger partial charge in [-0.25, -0.2) is 4.79 Å². The van der Waals surface area contributed by atoms with E-state index < -0.39 is 67.3 Å². The van der Waals surface area contributed by atoms with Gasteiger partial charge in [0.05, 0.1) is 6.61 Å². The van der Waals surface area contributed by atoms with Gasteiger partial charge in [0.25, 0.3) is 0 Å². The van der Waals surface area contributed by atoms with E-state index in [1.54, 1.807) is 0 Å². The zero-order chi connectivity index (χ0) is 54.7. The van der Waals surface area contributed by atoms with Crippen LogP contribution in [0.3, 0.4) is 0 Å². The highest BCUT2D eigenvalue weighted by Crippen LogP contribution is 2.26. The maximum Gasteiger partial charge on any atom is 0.335 e. The van der Waals surface area contributed by atoms with Crippen LogP contribution in [0.1, 0.15) is 239 Å². The number of carbonyl (C=O) groups is 4. The van der Waals surface area contributed by atoms with Crippen molar-refractivity contribution in [3.63, 3.8) is 0 Å². The third-order valence-electron chi connectivity index (χ3n) is 12.9. The maximum atomic E-state index is 13.1. The molecule has 0 bridgehead atoms. The molecule has 3 N–H and O–H groups in total. The zero-order valence-electron chi connectivity index (χ0n) is 47.0. The highest BCUT2D eigenvalue weighted by molar-refractivity contribution is 5.74. The molecule has 6 unspecified atom stereocenters. The van der Waals surface area contributed by atoms with Crippen molar-refractivity contribution in [2.75, 3.05) is 13.2 Å². The van der Waals surface area contributed by atoms with Gasteiger partial charge in [0.15, 0.2) is 24.6 Å². The van der Waals surface area contributed by atoms with Crippen LogP contribution in [-0.2, 0) is 42.9 Å². The molecule has 0 aromatic heterocycles. The van der Waals surface area contributed by atoms with Gasteiger partial charge in [0.2, 0.25) is 0 Å². The summed E-state index contributed by atoms with van der Waals surface area (Å²) in [5, 5.41) is 31.5. The molecule has 1 fully saturated rings. The minimum atomic E-state index is -1.92. The van der Waals surface area contributed by atoms with E-state index in [0.29, 0.717) is 19.3 Å². The first-order chi connectivity index (χ1) is 36.6. The topological polar surface area (TPSA) is 175 Å². The van der Waals surface area contributed by atoms with Crippen molar-refractivity contribution in [3.05, 3.63) is 85.1 Å². The number of esters is 3. The maximum absolute atomic E-state index is 13.1. The van der Waals surface area contributed by atoms with Crippen LogP contribution in [0.15, 0.2) is 85.1 Å². The monoisotopic (exact) mass is 1050 g/mol. The first-order valence-corrected chi connectivity index (χ1v) is 29.6. The van der Waals surface area contributed by atoms with Crippen molar-refractivity contribution in [2.45, 2.75) is 276 Å². The van der Waals surface area contributed by atoms with Crippen molar-refractivity contribution in [2.24, 2.45) is 0 Å². The quantitative estimate of drug-likeness (QED) is 0.0228. The molecule has 1 saturated heterocycles. The molecule has 0 aliphatic carbocycles. The van der Waals surface area contributed by atoms with Gasteiger partial charge in [0.1, 0.15) is 18.8 Å². The Bertz CT molecular complexity index is 1630. The van der Waals surface area contributed by atoms with Gasteiger partial charge in [-0.15, -0.1) is 0 Å². The van der Waals surface area contributed by atoms with Crippen LogP contribution in [0.5, 0.6) is 0 Å². The minimum absolute atomic E-state index is 0.0455. The first-order valence-electron chi connectivity index (χ1n) is 29.6. The third kappa shape index (κ3) is 40.8. The normalized spacial score (nSPS) is 18.8. The average molecular weight is 1050 g/mol. The van der Waals surface area contributed by atoms with E-state index in [9.17, 15) is 34.5 Å². The number of carboxylic acid groups (broad SMARTS) is 1. The van der Waals surface area contributed by atoms with Crippen LogP contribution >= 0.6 is 0 Å². The van der Waals surface area contributed by atoms with Crippen LogP contribution in [0.25, 0.3) is 0 Å². The molecule has 428 valence electrons. The Balaban J connectivity index is 2.70. The zero-order valence-corrected chi connectivity index (χ0v) is 47.0. The molecule has 1 rings (SSSR count). The fourth-order valence-electron chi connectivity index (χ4n) is 8.41. The summed E-state index contributed by atoms with van der Waals surface area (Å²) in [7, 11) is 0. The number of aliphatic carboxylic acids is 1. The number of aliphatic hydroxyl groups excluding tert-OH is 2. The van der Waals surface area contributed by atoms with E-state index in [2.05, 4.69) is 93.7 Å². The summed E-state index contributed by atoms with van der Waals surface area (Å²) in [6.07, 6.45) is 52.8. The van der Waals surface area contributed by atoms with Crippen molar-refractivity contribution < 1.29 is 58.2 Å². The molecule has 0 amide bonds. The van der Waals surface area contributed by atoms with Crippen LogP contribution < -0.4 is 0 Å². The van der Waals surface area contributed by atoms with Gasteiger partial charge in [-0.05, 0) is 103 Å². The Labute approximate surface area is 454 Å². The Kier molecular flexibility index (Phi) is 46.6. The Morgan fingerprint density at radius 2 is 0.867 bits per heavy atom. The molecule has 12 nitrogen and oxygen atoms in total. The molecule has 0 aromatic carbocycles. The second-order valence-electron chi connectivity index (χ2n) is 19.9. The van der Waals surface area contributed by atoms with Gasteiger partial charge >= 0.3 is 23.9 Å². The summed E-state index contributed by atoms with van der Waals surface area (Å²) >= 11 is 0. The second-order valence-corrected chi connectivity index (χ2v) is 19.9. The standard InChI is InChI=1S/C63H104O12/c1-4-7-10-13-16-19-22-25-26-27-28-29-30-33-36-39-42-45-48-51-57(66)74-61-59(68)58(67)60(62(69)70)75-63(61)72-53-54(73-56(65)50-47-44-41-38-35-32-24-21-18-15-12-9-6-3)52-71-55(64)49-46-43-40-37-34-31-23-20-17-14-11-8-5-2/h8,11,16-17,19-21,24-26,31,34,40,43,54,58-61,63,67-68H,4-7,9-10,12-15,18,22-23,27-30,32-33,35-39,41-42,44-53H2,1-3H3,(H,69,70)/b11-8-,19-16-,20-17-,24-21-,26-25-,34-31-,43-40-. The lowest BCUT2D eigenvalue weighted by Crippen LogP contribution is -2.61. The number of rotatable bonds is 49. The van der Waals surface area contributed by atoms with E-state index in [-0.39, 0.29) is 25.9 Å². The molecule has 6 atom stereocenters. The average Bonchev–Trinajstić information content (AvgIpc) is 3.39. The van der Waals surface area contributed by atoms with Crippen LogP contribution in [-0.4, -0.2) is 89.2 Å². The smallest absolute Gasteiger partial charge is 0.335 e. The lowest BCUT2D eigenvalue weighted by molar-refractivity contribution is -0.301. The minimum Gasteiger partial charge on any atom is -0.479 e. The van der Waals surface area contributed by atoms with Gasteiger partial charge in [-0.2, -0.15) is 0 Å². The van der Waals surface area contributed by atoms with Crippen LogP contribution in [0, 0.1) is 0 Å². The molecule has 1 heterocycles. The molecule has 0 aromatic rings.